The van der Waals surface area contributed by atoms with E-state index in [4.69, 9.17) is 4.74 Å². The minimum atomic E-state index is -3.27. The summed E-state index contributed by atoms with van der Waals surface area (Å²) in [6, 6.07) is 9.87. The fourth-order valence-electron chi connectivity index (χ4n) is 3.23. The third-order valence-electron chi connectivity index (χ3n) is 4.51. The molecule has 1 fully saturated rings. The molecule has 0 atom stereocenters. The van der Waals surface area contributed by atoms with E-state index in [2.05, 4.69) is 24.8 Å². The van der Waals surface area contributed by atoms with E-state index >= 15 is 0 Å². The van der Waals surface area contributed by atoms with Crippen molar-refractivity contribution in [3.8, 4) is 5.75 Å². The van der Waals surface area contributed by atoms with Crippen LogP contribution in [-0.4, -0.2) is 88.4 Å². The molecule has 0 spiro atoms. The van der Waals surface area contributed by atoms with Crippen molar-refractivity contribution in [2.75, 3.05) is 58.7 Å². The molecule has 1 saturated heterocycles. The standard InChI is InChI=1S/C20H35N5O3S.HI/c1-5-21-19(22-17-20(2,3)23-29(4,26)27)25-13-11-24(12-14-25)15-16-28-18-9-7-6-8-10-18;/h6-10,23H,5,11-17H2,1-4H3,(H,21,22);1H. The maximum atomic E-state index is 11.5. The number of rotatable bonds is 9. The Bertz CT molecular complexity index is 751. The molecule has 1 aliphatic rings. The van der Waals surface area contributed by atoms with Gasteiger partial charge in [-0.25, -0.2) is 13.1 Å². The van der Waals surface area contributed by atoms with Crippen LogP contribution in [0.3, 0.4) is 0 Å². The molecule has 0 aliphatic carbocycles. The maximum Gasteiger partial charge on any atom is 0.209 e. The topological polar surface area (TPSA) is 86.3 Å². The Balaban J connectivity index is 0.00000450. The van der Waals surface area contributed by atoms with Crippen molar-refractivity contribution in [1.82, 2.24) is 19.8 Å². The van der Waals surface area contributed by atoms with E-state index < -0.39 is 15.6 Å². The molecule has 0 amide bonds. The van der Waals surface area contributed by atoms with E-state index in [-0.39, 0.29) is 24.0 Å². The predicted molar refractivity (Wildman–Crippen MR) is 133 cm³/mol. The lowest BCUT2D eigenvalue weighted by molar-refractivity contribution is 0.152. The molecule has 1 aliphatic heterocycles. The Labute approximate surface area is 198 Å². The summed E-state index contributed by atoms with van der Waals surface area (Å²) in [5.74, 6) is 1.73. The molecule has 2 N–H and O–H groups in total. The third-order valence-corrected chi connectivity index (χ3v) is 5.44. The van der Waals surface area contributed by atoms with E-state index in [0.29, 0.717) is 13.2 Å². The van der Waals surface area contributed by atoms with Crippen LogP contribution in [0, 0.1) is 0 Å². The molecule has 2 rings (SSSR count). The molecule has 1 aromatic carbocycles. The van der Waals surface area contributed by atoms with Gasteiger partial charge in [0.25, 0.3) is 0 Å². The van der Waals surface area contributed by atoms with Gasteiger partial charge < -0.3 is 15.0 Å². The third kappa shape index (κ3) is 10.3. The molecule has 172 valence electrons. The summed E-state index contributed by atoms with van der Waals surface area (Å²) in [4.78, 5) is 9.30. The summed E-state index contributed by atoms with van der Waals surface area (Å²) < 4.78 is 31.5. The number of aliphatic imine (C=N–C) groups is 1. The number of hydrogen-bond donors (Lipinski definition) is 2. The zero-order chi connectivity index (χ0) is 21.3. The number of piperazine rings is 1. The monoisotopic (exact) mass is 553 g/mol. The van der Waals surface area contributed by atoms with Gasteiger partial charge in [-0.3, -0.25) is 9.89 Å². The van der Waals surface area contributed by atoms with Gasteiger partial charge >= 0.3 is 0 Å². The van der Waals surface area contributed by atoms with Gasteiger partial charge in [-0.15, -0.1) is 24.0 Å². The highest BCUT2D eigenvalue weighted by Crippen LogP contribution is 2.09. The van der Waals surface area contributed by atoms with E-state index in [9.17, 15) is 8.42 Å². The highest BCUT2D eigenvalue weighted by molar-refractivity contribution is 14.0. The largest absolute Gasteiger partial charge is 0.492 e. The van der Waals surface area contributed by atoms with Crippen LogP contribution in [0.4, 0.5) is 0 Å². The van der Waals surface area contributed by atoms with E-state index in [1.54, 1.807) is 0 Å². The van der Waals surface area contributed by atoms with Crippen molar-refractivity contribution in [2.45, 2.75) is 26.3 Å². The van der Waals surface area contributed by atoms with Gasteiger partial charge in [0.2, 0.25) is 10.0 Å². The molecule has 1 heterocycles. The van der Waals surface area contributed by atoms with Crippen LogP contribution >= 0.6 is 24.0 Å². The molecular formula is C20H36IN5O3S. The quantitative estimate of drug-likeness (QED) is 0.275. The molecule has 0 unspecified atom stereocenters. The Morgan fingerprint density at radius 2 is 1.80 bits per heavy atom. The molecule has 8 nitrogen and oxygen atoms in total. The lowest BCUT2D eigenvalue weighted by Crippen LogP contribution is -2.53. The average molecular weight is 554 g/mol. The first-order chi connectivity index (χ1) is 13.7. The van der Waals surface area contributed by atoms with Gasteiger partial charge in [0, 0.05) is 44.8 Å². The smallest absolute Gasteiger partial charge is 0.209 e. The van der Waals surface area contributed by atoms with Gasteiger partial charge in [0.05, 0.1) is 12.8 Å². The Morgan fingerprint density at radius 1 is 1.17 bits per heavy atom. The van der Waals surface area contributed by atoms with E-state index in [1.165, 1.54) is 6.26 Å². The Hall–Kier alpha value is -1.11. The fourth-order valence-corrected chi connectivity index (χ4v) is 4.29. The van der Waals surface area contributed by atoms with Crippen LogP contribution in [-0.2, 0) is 10.0 Å². The number of guanidine groups is 1. The minimum Gasteiger partial charge on any atom is -0.492 e. The molecule has 0 aromatic heterocycles. The SMILES string of the molecule is CCNC(=NCC(C)(C)NS(C)(=O)=O)N1CCN(CCOc2ccccc2)CC1.I. The van der Waals surface area contributed by atoms with Crippen molar-refractivity contribution in [2.24, 2.45) is 4.99 Å². The molecule has 10 heteroatoms. The second kappa shape index (κ2) is 12.7. The number of halogens is 1. The molecule has 30 heavy (non-hydrogen) atoms. The summed E-state index contributed by atoms with van der Waals surface area (Å²) in [5.41, 5.74) is -0.634. The van der Waals surface area contributed by atoms with Crippen LogP contribution in [0.1, 0.15) is 20.8 Å². The zero-order valence-corrected chi connectivity index (χ0v) is 21.6. The summed E-state index contributed by atoms with van der Waals surface area (Å²) in [5, 5.41) is 3.32. The first kappa shape index (κ1) is 26.9. The first-order valence-electron chi connectivity index (χ1n) is 10.1. The van der Waals surface area contributed by atoms with Crippen molar-refractivity contribution in [3.63, 3.8) is 0 Å². The van der Waals surface area contributed by atoms with Gasteiger partial charge in [-0.1, -0.05) is 18.2 Å². The number of ether oxygens (including phenoxy) is 1. The molecule has 1 aromatic rings. The highest BCUT2D eigenvalue weighted by atomic mass is 127. The van der Waals surface area contributed by atoms with Gasteiger partial charge in [0.15, 0.2) is 5.96 Å². The van der Waals surface area contributed by atoms with Crippen molar-refractivity contribution >= 4 is 40.0 Å². The molecule has 0 bridgehead atoms. The second-order valence-corrected chi connectivity index (χ2v) is 9.67. The van der Waals surface area contributed by atoms with Crippen LogP contribution in [0.15, 0.2) is 35.3 Å². The number of hydrogen-bond acceptors (Lipinski definition) is 5. The summed E-state index contributed by atoms with van der Waals surface area (Å²) in [7, 11) is -3.27. The van der Waals surface area contributed by atoms with Crippen LogP contribution in [0.25, 0.3) is 0 Å². The highest BCUT2D eigenvalue weighted by Gasteiger charge is 2.24. The fraction of sp³-hybridized carbons (Fsp3) is 0.650. The Kier molecular flexibility index (Phi) is 11.4. The van der Waals surface area contributed by atoms with Crippen LogP contribution in [0.5, 0.6) is 5.75 Å². The number of nitrogens with zero attached hydrogens (tertiary/aromatic N) is 3. The van der Waals surface area contributed by atoms with Crippen molar-refractivity contribution < 1.29 is 13.2 Å². The molecule has 0 radical (unpaired) electrons. The van der Waals surface area contributed by atoms with Gasteiger partial charge in [-0.2, -0.15) is 0 Å². The number of benzene rings is 1. The lowest BCUT2D eigenvalue weighted by atomic mass is 10.1. The maximum absolute atomic E-state index is 11.5. The zero-order valence-electron chi connectivity index (χ0n) is 18.4. The van der Waals surface area contributed by atoms with E-state index in [0.717, 1.165) is 51.0 Å². The lowest BCUT2D eigenvalue weighted by Gasteiger charge is -2.36. The van der Waals surface area contributed by atoms with Crippen LogP contribution in [0.2, 0.25) is 0 Å². The van der Waals surface area contributed by atoms with Crippen molar-refractivity contribution in [1.29, 1.82) is 0 Å². The summed E-state index contributed by atoms with van der Waals surface area (Å²) in [6.07, 6.45) is 1.17. The number of nitrogens with one attached hydrogen (secondary N) is 2. The van der Waals surface area contributed by atoms with Gasteiger partial charge in [-0.05, 0) is 32.9 Å². The van der Waals surface area contributed by atoms with Gasteiger partial charge in [0.1, 0.15) is 12.4 Å². The van der Waals surface area contributed by atoms with Crippen LogP contribution < -0.4 is 14.8 Å². The number of sulfonamides is 1. The average Bonchev–Trinajstić information content (AvgIpc) is 2.65. The van der Waals surface area contributed by atoms with E-state index in [1.807, 2.05) is 51.1 Å². The Morgan fingerprint density at radius 3 is 2.37 bits per heavy atom. The summed E-state index contributed by atoms with van der Waals surface area (Å²) >= 11 is 0. The van der Waals surface area contributed by atoms with Crippen molar-refractivity contribution in [3.05, 3.63) is 30.3 Å². The minimum absolute atomic E-state index is 0. The summed E-state index contributed by atoms with van der Waals surface area (Å²) in [6.45, 7) is 12.0. The molecule has 0 saturated carbocycles. The molecular weight excluding hydrogens is 517 g/mol. The number of para-hydroxylation sites is 1. The second-order valence-electron chi connectivity index (χ2n) is 7.92. The first-order valence-corrected chi connectivity index (χ1v) is 12.0. The predicted octanol–water partition coefficient (Wildman–Crippen LogP) is 1.59. The normalized spacial score (nSPS) is 16.1.